The van der Waals surface area contributed by atoms with Crippen molar-refractivity contribution in [3.05, 3.63) is 91.5 Å². The Labute approximate surface area is 260 Å². The van der Waals surface area contributed by atoms with Gasteiger partial charge in [-0.3, -0.25) is 19.2 Å². The molecule has 1 N–H and O–H groups in total. The number of anilines is 1. The standard InChI is InChI=1S/C32H22BrF6NO5/c1-12-5-14(6-13(2)27(12)42)24-18-3-4-19-25(20(18)10-21-26(24)23(41)11-22(33)28(21)43)30(45)40(29(19)44)17-8-15(31(34,35)36)7-16(9-17)32(37,38)39/h3,5-9,11,19-20,24-25,42H,4,10H2,1-2H3/t19-,20+,24-,25-/m0/s1. The molecular weight excluding hydrogens is 672 g/mol. The number of halogens is 7. The van der Waals surface area contributed by atoms with Crippen molar-refractivity contribution >= 4 is 45.0 Å². The summed E-state index contributed by atoms with van der Waals surface area (Å²) in [5.74, 6) is -6.93. The second-order valence-electron chi connectivity index (χ2n) is 11.7. The molecule has 2 aromatic carbocycles. The highest BCUT2D eigenvalue weighted by atomic mass is 79.9. The zero-order valence-corrected chi connectivity index (χ0v) is 25.0. The van der Waals surface area contributed by atoms with Gasteiger partial charge in [0.15, 0.2) is 11.6 Å². The third-order valence-corrected chi connectivity index (χ3v) is 9.60. The first-order valence-electron chi connectivity index (χ1n) is 13.8. The molecule has 2 aromatic rings. The number of ketones is 2. The maximum Gasteiger partial charge on any atom is 0.416 e. The van der Waals surface area contributed by atoms with Crippen LogP contribution in [0.4, 0.5) is 32.0 Å². The van der Waals surface area contributed by atoms with Crippen molar-refractivity contribution in [1.29, 1.82) is 0 Å². The molecule has 2 amide bonds. The summed E-state index contributed by atoms with van der Waals surface area (Å²) in [6, 6.07) is 3.89. The number of aromatic hydroxyl groups is 1. The van der Waals surface area contributed by atoms with E-state index < -0.39 is 76.2 Å². The molecule has 1 aliphatic heterocycles. The van der Waals surface area contributed by atoms with E-state index in [1.807, 2.05) is 0 Å². The van der Waals surface area contributed by atoms with Crippen molar-refractivity contribution in [1.82, 2.24) is 0 Å². The van der Waals surface area contributed by atoms with E-state index in [0.29, 0.717) is 39.3 Å². The minimum Gasteiger partial charge on any atom is -0.507 e. The molecule has 3 aliphatic carbocycles. The average molecular weight is 694 g/mol. The molecule has 6 rings (SSSR count). The van der Waals surface area contributed by atoms with Gasteiger partial charge in [-0.2, -0.15) is 26.3 Å². The summed E-state index contributed by atoms with van der Waals surface area (Å²) in [6.07, 6.45) is -7.79. The fourth-order valence-corrected chi connectivity index (χ4v) is 7.51. The first-order valence-corrected chi connectivity index (χ1v) is 14.6. The Morgan fingerprint density at radius 1 is 0.844 bits per heavy atom. The summed E-state index contributed by atoms with van der Waals surface area (Å²) in [4.78, 5) is 54.7. The van der Waals surface area contributed by atoms with E-state index in [1.165, 1.54) is 0 Å². The van der Waals surface area contributed by atoms with Crippen molar-refractivity contribution in [2.45, 2.75) is 45.0 Å². The lowest BCUT2D eigenvalue weighted by atomic mass is 9.59. The van der Waals surface area contributed by atoms with Crippen LogP contribution in [0.25, 0.3) is 0 Å². The molecule has 0 radical (unpaired) electrons. The van der Waals surface area contributed by atoms with Crippen LogP contribution in [0, 0.1) is 31.6 Å². The normalized spacial score (nSPS) is 25.2. The van der Waals surface area contributed by atoms with Gasteiger partial charge in [0, 0.05) is 23.1 Å². The lowest BCUT2D eigenvalue weighted by molar-refractivity contribution is -0.143. The summed E-state index contributed by atoms with van der Waals surface area (Å²) in [7, 11) is 0. The number of hydrogen-bond acceptors (Lipinski definition) is 5. The second kappa shape index (κ2) is 10.3. The number of alkyl halides is 6. The molecule has 1 saturated heterocycles. The van der Waals surface area contributed by atoms with Crippen LogP contribution < -0.4 is 4.90 Å². The number of fused-ring (bicyclic) bond motifs is 3. The van der Waals surface area contributed by atoms with Gasteiger partial charge in [0.1, 0.15) is 5.75 Å². The third-order valence-electron chi connectivity index (χ3n) is 9.01. The van der Waals surface area contributed by atoms with Crippen LogP contribution in [-0.4, -0.2) is 28.5 Å². The maximum absolute atomic E-state index is 14.0. The summed E-state index contributed by atoms with van der Waals surface area (Å²) in [6.45, 7) is 3.30. The SMILES string of the molecule is Cc1cc([C@H]2C3=CC[C@@H]4C(=O)N(c5cc(C(F)(F)F)cc(C(F)(F)F)c5)C(=O)[C@@H]4[C@@H]3CC3=C2C(=O)C=C(Br)C3=O)cc(C)c1O. The molecule has 6 nitrogen and oxygen atoms in total. The first kappa shape index (κ1) is 31.0. The van der Waals surface area contributed by atoms with Gasteiger partial charge >= 0.3 is 12.4 Å². The highest BCUT2D eigenvalue weighted by molar-refractivity contribution is 9.12. The molecule has 0 bridgehead atoms. The predicted molar refractivity (Wildman–Crippen MR) is 151 cm³/mol. The molecule has 1 fully saturated rings. The van der Waals surface area contributed by atoms with Crippen LogP contribution >= 0.6 is 15.9 Å². The molecular formula is C32H22BrF6NO5. The van der Waals surface area contributed by atoms with Gasteiger partial charge < -0.3 is 5.11 Å². The Balaban J connectivity index is 1.49. The van der Waals surface area contributed by atoms with Crippen LogP contribution in [0.5, 0.6) is 5.75 Å². The van der Waals surface area contributed by atoms with Gasteiger partial charge in [-0.05, 0) is 83.4 Å². The summed E-state index contributed by atoms with van der Waals surface area (Å²) in [5.41, 5.74) is -1.87. The van der Waals surface area contributed by atoms with E-state index in [-0.39, 0.29) is 40.3 Å². The number of imide groups is 1. The topological polar surface area (TPSA) is 91.8 Å². The molecule has 234 valence electrons. The van der Waals surface area contributed by atoms with Gasteiger partial charge in [0.25, 0.3) is 0 Å². The number of nitrogens with zero attached hydrogens (tertiary/aromatic N) is 1. The van der Waals surface area contributed by atoms with Gasteiger partial charge in [0.05, 0.1) is 33.1 Å². The van der Waals surface area contributed by atoms with Crippen LogP contribution in [0.3, 0.4) is 0 Å². The van der Waals surface area contributed by atoms with Gasteiger partial charge in [0.2, 0.25) is 11.8 Å². The third kappa shape index (κ3) is 4.86. The van der Waals surface area contributed by atoms with Gasteiger partial charge in [-0.25, -0.2) is 4.90 Å². The number of carbonyl (C=O) groups is 4. The number of phenols is 1. The predicted octanol–water partition coefficient (Wildman–Crippen LogP) is 7.01. The lowest BCUT2D eigenvalue weighted by Crippen LogP contribution is -2.39. The van der Waals surface area contributed by atoms with Crippen LogP contribution in [0.2, 0.25) is 0 Å². The molecule has 4 aliphatic rings. The molecule has 1 heterocycles. The van der Waals surface area contributed by atoms with E-state index in [0.717, 1.165) is 6.08 Å². The van der Waals surface area contributed by atoms with Crippen LogP contribution in [0.1, 0.15) is 46.6 Å². The van der Waals surface area contributed by atoms with Crippen molar-refractivity contribution < 1.29 is 50.6 Å². The molecule has 45 heavy (non-hydrogen) atoms. The Kier molecular flexibility index (Phi) is 7.07. The number of hydrogen-bond donors (Lipinski definition) is 1. The Morgan fingerprint density at radius 3 is 1.98 bits per heavy atom. The first-order chi connectivity index (χ1) is 20.9. The van der Waals surface area contributed by atoms with E-state index in [4.69, 9.17) is 0 Å². The number of Topliss-reactive ketones (excluding diaryl/α,β-unsaturated/α-hetero) is 1. The van der Waals surface area contributed by atoms with Crippen LogP contribution in [0.15, 0.2) is 63.7 Å². The van der Waals surface area contributed by atoms with Crippen molar-refractivity contribution in [2.75, 3.05) is 4.90 Å². The number of carbonyl (C=O) groups excluding carboxylic acids is 4. The monoisotopic (exact) mass is 693 g/mol. The zero-order valence-electron chi connectivity index (χ0n) is 23.4. The Morgan fingerprint density at radius 2 is 1.42 bits per heavy atom. The van der Waals surface area contributed by atoms with Crippen molar-refractivity contribution in [2.24, 2.45) is 17.8 Å². The van der Waals surface area contributed by atoms with E-state index in [9.17, 15) is 50.6 Å². The molecule has 0 aromatic heterocycles. The van der Waals surface area contributed by atoms with E-state index >= 15 is 0 Å². The number of rotatable bonds is 2. The quantitative estimate of drug-likeness (QED) is 0.158. The number of benzene rings is 2. The molecule has 0 spiro atoms. The number of aryl methyl sites for hydroxylation is 2. The smallest absolute Gasteiger partial charge is 0.416 e. The fraction of sp³-hybridized carbons (Fsp3) is 0.312. The number of amides is 2. The molecule has 0 unspecified atom stereocenters. The van der Waals surface area contributed by atoms with Crippen molar-refractivity contribution in [3.63, 3.8) is 0 Å². The van der Waals surface area contributed by atoms with E-state index in [1.54, 1.807) is 32.1 Å². The minimum absolute atomic E-state index is 0.0121. The highest BCUT2D eigenvalue weighted by Gasteiger charge is 2.57. The van der Waals surface area contributed by atoms with E-state index in [2.05, 4.69) is 15.9 Å². The number of allylic oxidation sites excluding steroid dienone is 6. The fourth-order valence-electron chi connectivity index (χ4n) is 7.06. The molecule has 4 atom stereocenters. The maximum atomic E-state index is 14.0. The minimum atomic E-state index is -5.20. The Hall–Kier alpha value is -4.00. The summed E-state index contributed by atoms with van der Waals surface area (Å²) in [5, 5.41) is 10.4. The van der Waals surface area contributed by atoms with Crippen molar-refractivity contribution in [3.8, 4) is 5.75 Å². The zero-order chi connectivity index (χ0) is 32.9. The van der Waals surface area contributed by atoms with Crippen LogP contribution in [-0.2, 0) is 31.5 Å². The van der Waals surface area contributed by atoms with Gasteiger partial charge in [-0.1, -0.05) is 23.8 Å². The molecule has 13 heteroatoms. The summed E-state index contributed by atoms with van der Waals surface area (Å²) < 4.78 is 81.7. The lowest BCUT2D eigenvalue weighted by Gasteiger charge is -2.42. The average Bonchev–Trinajstić information content (AvgIpc) is 3.21. The number of phenolic OH excluding ortho intramolecular Hbond substituents is 1. The Bertz CT molecular complexity index is 1780. The molecule has 0 saturated carbocycles. The summed E-state index contributed by atoms with van der Waals surface area (Å²) >= 11 is 3.11. The largest absolute Gasteiger partial charge is 0.507 e. The highest BCUT2D eigenvalue weighted by Crippen LogP contribution is 2.56. The van der Waals surface area contributed by atoms with Gasteiger partial charge in [-0.15, -0.1) is 0 Å². The second-order valence-corrected chi connectivity index (χ2v) is 12.5.